The molecule has 134 valence electrons. The normalized spacial score (nSPS) is 17.7. The Morgan fingerprint density at radius 2 is 2.08 bits per heavy atom. The summed E-state index contributed by atoms with van der Waals surface area (Å²) < 4.78 is 10.8. The van der Waals surface area contributed by atoms with Crippen molar-refractivity contribution in [3.63, 3.8) is 0 Å². The Balaban J connectivity index is 1.81. The fourth-order valence-electron chi connectivity index (χ4n) is 3.07. The van der Waals surface area contributed by atoms with Crippen LogP contribution >= 0.6 is 11.8 Å². The molecule has 0 bridgehead atoms. The molecule has 2 heterocycles. The molecular formula is C19H23NO4S. The van der Waals surface area contributed by atoms with E-state index in [1.807, 2.05) is 19.9 Å². The fourth-order valence-corrected chi connectivity index (χ4v) is 4.11. The summed E-state index contributed by atoms with van der Waals surface area (Å²) in [4.78, 5) is 26.7. The zero-order valence-electron chi connectivity index (χ0n) is 14.8. The standard InChI is InChI=1S/C19H23NO4S/c1-4-23-19(22)16-11-25-6-5-20(16)18(21)9-14-10-24-17-8-13(3)12(2)7-15(14)17/h7-8,10,16H,4-6,9,11H2,1-3H3/t16-/m0/s1. The minimum absolute atomic E-state index is 0.0562. The molecule has 3 rings (SSSR count). The molecule has 1 aromatic carbocycles. The lowest BCUT2D eigenvalue weighted by atomic mass is 10.0. The third kappa shape index (κ3) is 3.68. The van der Waals surface area contributed by atoms with Crippen LogP contribution in [0.3, 0.4) is 0 Å². The number of rotatable bonds is 4. The minimum atomic E-state index is -0.492. The largest absolute Gasteiger partial charge is 0.464 e. The number of hydrogen-bond acceptors (Lipinski definition) is 5. The van der Waals surface area contributed by atoms with E-state index >= 15 is 0 Å². The summed E-state index contributed by atoms with van der Waals surface area (Å²) in [7, 11) is 0. The topological polar surface area (TPSA) is 59.8 Å². The Hall–Kier alpha value is -1.95. The SMILES string of the molecule is CCOC(=O)[C@@H]1CSCCN1C(=O)Cc1coc2cc(C)c(C)cc12. The van der Waals surface area contributed by atoms with E-state index in [0.717, 1.165) is 27.8 Å². The van der Waals surface area contributed by atoms with Crippen LogP contribution in [0.25, 0.3) is 11.0 Å². The summed E-state index contributed by atoms with van der Waals surface area (Å²) in [6, 6.07) is 3.57. The van der Waals surface area contributed by atoms with Gasteiger partial charge >= 0.3 is 5.97 Å². The Morgan fingerprint density at radius 1 is 1.32 bits per heavy atom. The zero-order valence-corrected chi connectivity index (χ0v) is 15.6. The van der Waals surface area contributed by atoms with Crippen LogP contribution in [0.5, 0.6) is 0 Å². The lowest BCUT2D eigenvalue weighted by molar-refractivity contribution is -0.153. The van der Waals surface area contributed by atoms with E-state index in [1.165, 1.54) is 5.56 Å². The highest BCUT2D eigenvalue weighted by Gasteiger charge is 2.33. The first-order valence-electron chi connectivity index (χ1n) is 8.52. The van der Waals surface area contributed by atoms with Crippen LogP contribution in [0.15, 0.2) is 22.8 Å². The van der Waals surface area contributed by atoms with Gasteiger partial charge in [0.1, 0.15) is 11.6 Å². The fraction of sp³-hybridized carbons (Fsp3) is 0.474. The first-order chi connectivity index (χ1) is 12.0. The first-order valence-corrected chi connectivity index (χ1v) is 9.68. The number of amides is 1. The van der Waals surface area contributed by atoms with Gasteiger partial charge in [-0.25, -0.2) is 4.79 Å². The Bertz CT molecular complexity index is 798. The number of hydrogen-bond donors (Lipinski definition) is 0. The maximum atomic E-state index is 12.8. The molecule has 1 aliphatic heterocycles. The van der Waals surface area contributed by atoms with Gasteiger partial charge in [0.25, 0.3) is 0 Å². The van der Waals surface area contributed by atoms with Crippen LogP contribution in [0, 0.1) is 13.8 Å². The highest BCUT2D eigenvalue weighted by Crippen LogP contribution is 2.26. The molecule has 5 nitrogen and oxygen atoms in total. The molecule has 0 saturated carbocycles. The van der Waals surface area contributed by atoms with Gasteiger partial charge in [-0.3, -0.25) is 4.79 Å². The van der Waals surface area contributed by atoms with Crippen LogP contribution in [0.1, 0.15) is 23.6 Å². The van der Waals surface area contributed by atoms with Crippen molar-refractivity contribution >= 4 is 34.6 Å². The number of carbonyl (C=O) groups is 2. The predicted octanol–water partition coefficient (Wildman–Crippen LogP) is 3.10. The lowest BCUT2D eigenvalue weighted by Gasteiger charge is -2.33. The quantitative estimate of drug-likeness (QED) is 0.783. The van der Waals surface area contributed by atoms with E-state index in [4.69, 9.17) is 9.15 Å². The van der Waals surface area contributed by atoms with Crippen molar-refractivity contribution in [2.75, 3.05) is 24.7 Å². The van der Waals surface area contributed by atoms with E-state index in [9.17, 15) is 9.59 Å². The van der Waals surface area contributed by atoms with Crippen LogP contribution in [-0.4, -0.2) is 47.5 Å². The number of ether oxygens (including phenoxy) is 1. The van der Waals surface area contributed by atoms with Crippen molar-refractivity contribution in [3.8, 4) is 0 Å². The van der Waals surface area contributed by atoms with Gasteiger partial charge in [-0.05, 0) is 44.0 Å². The Morgan fingerprint density at radius 3 is 2.84 bits per heavy atom. The summed E-state index contributed by atoms with van der Waals surface area (Å²) in [5.74, 6) is 1.06. The van der Waals surface area contributed by atoms with Gasteiger partial charge < -0.3 is 14.1 Å². The Labute approximate surface area is 151 Å². The molecule has 1 fully saturated rings. The molecule has 1 amide bonds. The molecule has 0 unspecified atom stereocenters. The molecule has 6 heteroatoms. The van der Waals surface area contributed by atoms with Crippen molar-refractivity contribution < 1.29 is 18.7 Å². The van der Waals surface area contributed by atoms with Crippen LogP contribution in [0.2, 0.25) is 0 Å². The first kappa shape index (κ1) is 17.9. The number of furan rings is 1. The molecular weight excluding hydrogens is 338 g/mol. The number of aryl methyl sites for hydroxylation is 2. The predicted molar refractivity (Wildman–Crippen MR) is 98.9 cm³/mol. The second-order valence-electron chi connectivity index (χ2n) is 6.30. The van der Waals surface area contributed by atoms with E-state index in [2.05, 4.69) is 6.07 Å². The molecule has 0 spiro atoms. The van der Waals surface area contributed by atoms with Crippen molar-refractivity contribution in [1.29, 1.82) is 0 Å². The minimum Gasteiger partial charge on any atom is -0.464 e. The molecule has 1 aliphatic rings. The molecule has 0 aliphatic carbocycles. The Kier molecular flexibility index (Phi) is 5.37. The third-order valence-corrected chi connectivity index (χ3v) is 5.64. The van der Waals surface area contributed by atoms with Crippen molar-refractivity contribution in [2.24, 2.45) is 0 Å². The number of fused-ring (bicyclic) bond motifs is 1. The molecule has 25 heavy (non-hydrogen) atoms. The maximum Gasteiger partial charge on any atom is 0.329 e. The number of esters is 1. The van der Waals surface area contributed by atoms with Crippen molar-refractivity contribution in [3.05, 3.63) is 35.1 Å². The highest BCUT2D eigenvalue weighted by molar-refractivity contribution is 7.99. The summed E-state index contributed by atoms with van der Waals surface area (Å²) >= 11 is 1.68. The van der Waals surface area contributed by atoms with Gasteiger partial charge in [0.2, 0.25) is 5.91 Å². The summed E-state index contributed by atoms with van der Waals surface area (Å²) in [5, 5.41) is 0.968. The van der Waals surface area contributed by atoms with Gasteiger partial charge in [0.15, 0.2) is 0 Å². The van der Waals surface area contributed by atoms with E-state index < -0.39 is 6.04 Å². The smallest absolute Gasteiger partial charge is 0.329 e. The van der Waals surface area contributed by atoms with E-state index in [1.54, 1.807) is 29.8 Å². The third-order valence-electron chi connectivity index (χ3n) is 4.62. The summed E-state index contributed by atoms with van der Waals surface area (Å²) in [6.45, 7) is 6.76. The zero-order chi connectivity index (χ0) is 18.0. The number of nitrogens with zero attached hydrogens (tertiary/aromatic N) is 1. The monoisotopic (exact) mass is 361 g/mol. The molecule has 0 radical (unpaired) electrons. The average molecular weight is 361 g/mol. The average Bonchev–Trinajstić information content (AvgIpc) is 2.97. The summed E-state index contributed by atoms with van der Waals surface area (Å²) in [5.41, 5.74) is 3.99. The van der Waals surface area contributed by atoms with E-state index in [-0.39, 0.29) is 18.3 Å². The second kappa shape index (κ2) is 7.52. The summed E-state index contributed by atoms with van der Waals surface area (Å²) in [6.07, 6.45) is 1.88. The molecule has 1 saturated heterocycles. The van der Waals surface area contributed by atoms with Crippen molar-refractivity contribution in [2.45, 2.75) is 33.2 Å². The van der Waals surface area contributed by atoms with Gasteiger partial charge in [-0.2, -0.15) is 11.8 Å². The van der Waals surface area contributed by atoms with Gasteiger partial charge in [-0.1, -0.05) is 0 Å². The number of thioether (sulfide) groups is 1. The maximum absolute atomic E-state index is 12.8. The molecule has 0 N–H and O–H groups in total. The number of benzene rings is 1. The lowest BCUT2D eigenvalue weighted by Crippen LogP contribution is -2.51. The second-order valence-corrected chi connectivity index (χ2v) is 7.45. The molecule has 2 aromatic rings. The van der Waals surface area contributed by atoms with E-state index in [0.29, 0.717) is 18.9 Å². The number of carbonyl (C=O) groups excluding carboxylic acids is 2. The van der Waals surface area contributed by atoms with Crippen LogP contribution in [0.4, 0.5) is 0 Å². The molecule has 1 aromatic heterocycles. The van der Waals surface area contributed by atoms with Gasteiger partial charge in [0.05, 0.1) is 19.3 Å². The van der Waals surface area contributed by atoms with Crippen LogP contribution in [-0.2, 0) is 20.7 Å². The molecule has 1 atom stereocenters. The highest BCUT2D eigenvalue weighted by atomic mass is 32.2. The van der Waals surface area contributed by atoms with Crippen LogP contribution < -0.4 is 0 Å². The van der Waals surface area contributed by atoms with Gasteiger partial charge in [0, 0.05) is 29.0 Å². The van der Waals surface area contributed by atoms with Gasteiger partial charge in [-0.15, -0.1) is 0 Å². The van der Waals surface area contributed by atoms with Crippen molar-refractivity contribution in [1.82, 2.24) is 4.90 Å².